The van der Waals surface area contributed by atoms with E-state index in [4.69, 9.17) is 5.73 Å². The van der Waals surface area contributed by atoms with Crippen LogP contribution in [0.2, 0.25) is 0 Å². The molecular weight excluding hydrogens is 393 g/mol. The minimum atomic E-state index is -4.36. The van der Waals surface area contributed by atoms with Crippen molar-refractivity contribution in [3.8, 4) is 0 Å². The number of nitrogens with two attached hydrogens (primary N) is 1. The van der Waals surface area contributed by atoms with Crippen LogP contribution < -0.4 is 5.73 Å². The summed E-state index contributed by atoms with van der Waals surface area (Å²) in [4.78, 5) is 18.2. The molecule has 1 saturated heterocycles. The number of halogens is 3. The van der Waals surface area contributed by atoms with Crippen LogP contribution in [0, 0.1) is 0 Å². The SMILES string of the molecule is Nc1nc2ccccc2n1C1CCN(C(C=O)Cc2ccc(C(F)(F)F)cc2)CC1. The van der Waals surface area contributed by atoms with Crippen LogP contribution in [0.5, 0.6) is 0 Å². The van der Waals surface area contributed by atoms with Crippen LogP contribution in [0.25, 0.3) is 11.0 Å². The summed E-state index contributed by atoms with van der Waals surface area (Å²) in [5.74, 6) is 0.492. The predicted molar refractivity (Wildman–Crippen MR) is 109 cm³/mol. The molecule has 0 amide bonds. The number of aldehydes is 1. The first-order valence-electron chi connectivity index (χ1n) is 9.94. The van der Waals surface area contributed by atoms with Gasteiger partial charge in [0.15, 0.2) is 0 Å². The Bertz CT molecular complexity index is 1020. The molecule has 3 aromatic rings. The van der Waals surface area contributed by atoms with Gasteiger partial charge in [-0.1, -0.05) is 24.3 Å². The number of benzene rings is 2. The molecule has 5 nitrogen and oxygen atoms in total. The first-order valence-corrected chi connectivity index (χ1v) is 9.94. The third kappa shape index (κ3) is 4.05. The van der Waals surface area contributed by atoms with Crippen molar-refractivity contribution in [2.75, 3.05) is 18.8 Å². The normalized spacial score (nSPS) is 17.3. The monoisotopic (exact) mass is 416 g/mol. The van der Waals surface area contributed by atoms with Crippen LogP contribution in [-0.2, 0) is 17.4 Å². The fourth-order valence-corrected chi connectivity index (χ4v) is 4.26. The molecule has 0 radical (unpaired) electrons. The second-order valence-corrected chi connectivity index (χ2v) is 7.70. The van der Waals surface area contributed by atoms with E-state index in [1.807, 2.05) is 24.3 Å². The van der Waals surface area contributed by atoms with E-state index in [1.165, 1.54) is 12.1 Å². The van der Waals surface area contributed by atoms with Gasteiger partial charge in [0.2, 0.25) is 5.95 Å². The molecule has 2 N–H and O–H groups in total. The number of hydrogen-bond acceptors (Lipinski definition) is 4. The van der Waals surface area contributed by atoms with Crippen molar-refractivity contribution in [2.45, 2.75) is 37.5 Å². The summed E-state index contributed by atoms with van der Waals surface area (Å²) in [5, 5.41) is 0. The van der Waals surface area contributed by atoms with Gasteiger partial charge in [-0.25, -0.2) is 4.98 Å². The number of piperidine rings is 1. The van der Waals surface area contributed by atoms with Gasteiger partial charge < -0.3 is 15.1 Å². The van der Waals surface area contributed by atoms with E-state index in [9.17, 15) is 18.0 Å². The summed E-state index contributed by atoms with van der Waals surface area (Å²) < 4.78 is 40.3. The zero-order chi connectivity index (χ0) is 21.3. The third-order valence-electron chi connectivity index (χ3n) is 5.84. The summed E-state index contributed by atoms with van der Waals surface area (Å²) in [6.07, 6.45) is -1.44. The number of imidazole rings is 1. The maximum absolute atomic E-state index is 12.7. The number of carbonyl (C=O) groups excluding carboxylic acids is 1. The summed E-state index contributed by atoms with van der Waals surface area (Å²) >= 11 is 0. The highest BCUT2D eigenvalue weighted by molar-refractivity contribution is 5.78. The van der Waals surface area contributed by atoms with Crippen LogP contribution in [0.1, 0.15) is 30.0 Å². The fourth-order valence-electron chi connectivity index (χ4n) is 4.26. The van der Waals surface area contributed by atoms with Crippen molar-refractivity contribution in [1.82, 2.24) is 14.5 Å². The van der Waals surface area contributed by atoms with E-state index >= 15 is 0 Å². The molecule has 2 heterocycles. The van der Waals surface area contributed by atoms with Crippen molar-refractivity contribution >= 4 is 23.3 Å². The number of rotatable bonds is 5. The molecule has 4 rings (SSSR count). The minimum Gasteiger partial charge on any atom is -0.369 e. The highest BCUT2D eigenvalue weighted by Crippen LogP contribution is 2.31. The maximum atomic E-state index is 12.7. The molecule has 1 aliphatic heterocycles. The maximum Gasteiger partial charge on any atom is 0.416 e. The molecule has 0 bridgehead atoms. The van der Waals surface area contributed by atoms with Gasteiger partial charge in [-0.15, -0.1) is 0 Å². The van der Waals surface area contributed by atoms with E-state index in [2.05, 4.69) is 14.5 Å². The standard InChI is InChI=1S/C22H23F3N4O/c23-22(24,25)16-7-5-15(6-8-16)13-18(14-30)28-11-9-17(10-12-28)29-20-4-2-1-3-19(20)27-21(29)26/h1-8,14,17-18H,9-13H2,(H2,26,27). The number of carbonyl (C=O) groups is 1. The lowest BCUT2D eigenvalue weighted by Crippen LogP contribution is -2.43. The zero-order valence-electron chi connectivity index (χ0n) is 16.3. The van der Waals surface area contributed by atoms with Crippen LogP contribution >= 0.6 is 0 Å². The molecule has 158 valence electrons. The largest absolute Gasteiger partial charge is 0.416 e. The Morgan fingerprint density at radius 1 is 1.10 bits per heavy atom. The van der Waals surface area contributed by atoms with E-state index in [0.29, 0.717) is 31.0 Å². The van der Waals surface area contributed by atoms with E-state index in [0.717, 1.165) is 42.3 Å². The minimum absolute atomic E-state index is 0.201. The summed E-state index contributed by atoms with van der Waals surface area (Å²) in [7, 11) is 0. The Morgan fingerprint density at radius 2 is 1.77 bits per heavy atom. The Kier molecular flexibility index (Phi) is 5.51. The number of likely N-dealkylation sites (tertiary alicyclic amines) is 1. The van der Waals surface area contributed by atoms with Crippen molar-refractivity contribution in [1.29, 1.82) is 0 Å². The van der Waals surface area contributed by atoms with Gasteiger partial charge in [-0.2, -0.15) is 13.2 Å². The third-order valence-corrected chi connectivity index (χ3v) is 5.84. The molecule has 1 aliphatic rings. The van der Waals surface area contributed by atoms with Crippen LogP contribution in [0.4, 0.5) is 19.1 Å². The van der Waals surface area contributed by atoms with Crippen LogP contribution in [-0.4, -0.2) is 39.9 Å². The van der Waals surface area contributed by atoms with Gasteiger partial charge in [0.25, 0.3) is 0 Å². The summed E-state index contributed by atoms with van der Waals surface area (Å²) in [5.41, 5.74) is 8.06. The van der Waals surface area contributed by atoms with Gasteiger partial charge in [-0.05, 0) is 49.1 Å². The first-order chi connectivity index (χ1) is 14.4. The van der Waals surface area contributed by atoms with Crippen molar-refractivity contribution in [3.05, 3.63) is 59.7 Å². The predicted octanol–water partition coefficient (Wildman–Crippen LogP) is 4.08. The Hall–Kier alpha value is -2.87. The number of para-hydroxylation sites is 2. The van der Waals surface area contributed by atoms with E-state index in [1.54, 1.807) is 0 Å². The number of nitrogens with zero attached hydrogens (tertiary/aromatic N) is 3. The lowest BCUT2D eigenvalue weighted by Gasteiger charge is -2.36. The van der Waals surface area contributed by atoms with E-state index in [-0.39, 0.29) is 12.1 Å². The molecule has 1 atom stereocenters. The second kappa shape index (κ2) is 8.10. The quantitative estimate of drug-likeness (QED) is 0.637. The number of anilines is 1. The average molecular weight is 416 g/mol. The van der Waals surface area contributed by atoms with Crippen molar-refractivity contribution in [3.63, 3.8) is 0 Å². The molecule has 0 saturated carbocycles. The Morgan fingerprint density at radius 3 is 2.40 bits per heavy atom. The fraction of sp³-hybridized carbons (Fsp3) is 0.364. The van der Waals surface area contributed by atoms with Gasteiger partial charge in [-0.3, -0.25) is 4.90 Å². The number of fused-ring (bicyclic) bond motifs is 1. The molecule has 1 aromatic heterocycles. The molecule has 1 fully saturated rings. The van der Waals surface area contributed by atoms with Crippen LogP contribution in [0.15, 0.2) is 48.5 Å². The van der Waals surface area contributed by atoms with Gasteiger partial charge >= 0.3 is 6.18 Å². The van der Waals surface area contributed by atoms with Crippen molar-refractivity contribution < 1.29 is 18.0 Å². The van der Waals surface area contributed by atoms with Crippen LogP contribution in [0.3, 0.4) is 0 Å². The van der Waals surface area contributed by atoms with Gasteiger partial charge in [0.05, 0.1) is 22.6 Å². The molecule has 2 aromatic carbocycles. The lowest BCUT2D eigenvalue weighted by atomic mass is 9.99. The Labute approximate surface area is 172 Å². The second-order valence-electron chi connectivity index (χ2n) is 7.70. The van der Waals surface area contributed by atoms with Gasteiger partial charge in [0, 0.05) is 19.1 Å². The van der Waals surface area contributed by atoms with Gasteiger partial charge in [0.1, 0.15) is 6.29 Å². The molecule has 0 aliphatic carbocycles. The highest BCUT2D eigenvalue weighted by atomic mass is 19.4. The summed E-state index contributed by atoms with van der Waals surface area (Å²) in [6, 6.07) is 12.7. The Balaban J connectivity index is 1.42. The number of aromatic nitrogens is 2. The molecule has 8 heteroatoms. The van der Waals surface area contributed by atoms with E-state index < -0.39 is 11.7 Å². The molecule has 0 spiro atoms. The average Bonchev–Trinajstić information content (AvgIpc) is 3.07. The smallest absolute Gasteiger partial charge is 0.369 e. The molecular formula is C22H23F3N4O. The number of nitrogen functional groups attached to an aromatic ring is 1. The summed E-state index contributed by atoms with van der Waals surface area (Å²) in [6.45, 7) is 1.42. The lowest BCUT2D eigenvalue weighted by molar-refractivity contribution is -0.137. The molecule has 1 unspecified atom stereocenters. The molecule has 30 heavy (non-hydrogen) atoms. The highest BCUT2D eigenvalue weighted by Gasteiger charge is 2.31. The number of alkyl halides is 3. The first kappa shape index (κ1) is 20.4. The van der Waals surface area contributed by atoms with Crippen molar-refractivity contribution in [2.24, 2.45) is 0 Å². The zero-order valence-corrected chi connectivity index (χ0v) is 16.3. The number of hydrogen-bond donors (Lipinski definition) is 1. The topological polar surface area (TPSA) is 64.2 Å².